The van der Waals surface area contributed by atoms with E-state index in [0.717, 1.165) is 31.0 Å². The summed E-state index contributed by atoms with van der Waals surface area (Å²) in [7, 11) is 0. The maximum absolute atomic E-state index is 5.65. The standard InChI is InChI=1S/C11H22N4/c1-4-6-9(3)11-14-13-10(8-12)15(11)7-5-2/h9H,4-8,12H2,1-3H3. The van der Waals surface area contributed by atoms with Gasteiger partial charge in [0.1, 0.15) is 11.6 Å². The largest absolute Gasteiger partial charge is 0.324 e. The van der Waals surface area contributed by atoms with Gasteiger partial charge in [-0.3, -0.25) is 0 Å². The van der Waals surface area contributed by atoms with Crippen LogP contribution in [0.25, 0.3) is 0 Å². The van der Waals surface area contributed by atoms with Crippen LogP contribution in [0, 0.1) is 0 Å². The van der Waals surface area contributed by atoms with E-state index in [2.05, 4.69) is 35.5 Å². The summed E-state index contributed by atoms with van der Waals surface area (Å²) >= 11 is 0. The molecule has 0 spiro atoms. The maximum atomic E-state index is 5.65. The van der Waals surface area contributed by atoms with Crippen LogP contribution < -0.4 is 5.73 Å². The minimum absolute atomic E-state index is 0.478. The molecular formula is C11H22N4. The van der Waals surface area contributed by atoms with Crippen molar-refractivity contribution in [2.75, 3.05) is 0 Å². The Balaban J connectivity index is 2.90. The Kier molecular flexibility index (Phi) is 4.75. The highest BCUT2D eigenvalue weighted by molar-refractivity contribution is 5.01. The highest BCUT2D eigenvalue weighted by atomic mass is 15.3. The molecule has 2 N–H and O–H groups in total. The molecule has 4 heteroatoms. The maximum Gasteiger partial charge on any atom is 0.146 e. The molecule has 1 aromatic rings. The summed E-state index contributed by atoms with van der Waals surface area (Å²) in [5, 5.41) is 8.40. The Bertz CT molecular complexity index is 293. The van der Waals surface area contributed by atoms with E-state index in [1.54, 1.807) is 0 Å². The quantitative estimate of drug-likeness (QED) is 0.781. The smallest absolute Gasteiger partial charge is 0.146 e. The summed E-state index contributed by atoms with van der Waals surface area (Å²) in [5.74, 6) is 2.49. The number of nitrogens with two attached hydrogens (primary N) is 1. The van der Waals surface area contributed by atoms with Crippen molar-refractivity contribution in [3.63, 3.8) is 0 Å². The zero-order chi connectivity index (χ0) is 11.3. The van der Waals surface area contributed by atoms with Gasteiger partial charge in [0.05, 0.1) is 6.54 Å². The van der Waals surface area contributed by atoms with Crippen molar-refractivity contribution in [2.45, 2.75) is 59.0 Å². The molecule has 0 saturated heterocycles. The Morgan fingerprint density at radius 3 is 2.53 bits per heavy atom. The molecule has 1 unspecified atom stereocenters. The van der Waals surface area contributed by atoms with Gasteiger partial charge in [-0.25, -0.2) is 0 Å². The fourth-order valence-corrected chi connectivity index (χ4v) is 1.89. The molecular weight excluding hydrogens is 188 g/mol. The van der Waals surface area contributed by atoms with E-state index in [4.69, 9.17) is 5.73 Å². The van der Waals surface area contributed by atoms with Gasteiger partial charge in [-0.05, 0) is 12.8 Å². The highest BCUT2D eigenvalue weighted by Gasteiger charge is 2.15. The van der Waals surface area contributed by atoms with Gasteiger partial charge in [-0.15, -0.1) is 10.2 Å². The summed E-state index contributed by atoms with van der Waals surface area (Å²) in [4.78, 5) is 0. The van der Waals surface area contributed by atoms with Crippen molar-refractivity contribution in [1.29, 1.82) is 0 Å². The van der Waals surface area contributed by atoms with Crippen LogP contribution in [0.15, 0.2) is 0 Å². The molecule has 0 aliphatic rings. The Labute approximate surface area is 91.9 Å². The van der Waals surface area contributed by atoms with Crippen LogP contribution in [0.5, 0.6) is 0 Å². The van der Waals surface area contributed by atoms with E-state index in [9.17, 15) is 0 Å². The molecule has 1 atom stereocenters. The molecule has 15 heavy (non-hydrogen) atoms. The molecule has 0 fully saturated rings. The van der Waals surface area contributed by atoms with Gasteiger partial charge in [-0.2, -0.15) is 0 Å². The lowest BCUT2D eigenvalue weighted by Crippen LogP contribution is -2.12. The zero-order valence-corrected chi connectivity index (χ0v) is 10.0. The Hall–Kier alpha value is -0.900. The van der Waals surface area contributed by atoms with Gasteiger partial charge in [0.2, 0.25) is 0 Å². The predicted octanol–water partition coefficient (Wildman–Crippen LogP) is 2.05. The Morgan fingerprint density at radius 2 is 2.00 bits per heavy atom. The van der Waals surface area contributed by atoms with Crippen molar-refractivity contribution < 1.29 is 0 Å². The van der Waals surface area contributed by atoms with Crippen molar-refractivity contribution in [3.8, 4) is 0 Å². The van der Waals surface area contributed by atoms with Crippen molar-refractivity contribution in [2.24, 2.45) is 5.73 Å². The molecule has 86 valence electrons. The monoisotopic (exact) mass is 210 g/mol. The van der Waals surface area contributed by atoms with E-state index in [1.165, 1.54) is 6.42 Å². The number of hydrogen-bond acceptors (Lipinski definition) is 3. The van der Waals surface area contributed by atoms with E-state index in [-0.39, 0.29) is 0 Å². The third-order valence-corrected chi connectivity index (χ3v) is 2.65. The van der Waals surface area contributed by atoms with Crippen LogP contribution in [0.1, 0.15) is 57.6 Å². The number of hydrogen-bond donors (Lipinski definition) is 1. The molecule has 0 aliphatic carbocycles. The van der Waals surface area contributed by atoms with Crippen LogP contribution in [-0.4, -0.2) is 14.8 Å². The summed E-state index contributed by atoms with van der Waals surface area (Å²) < 4.78 is 2.18. The van der Waals surface area contributed by atoms with Crippen molar-refractivity contribution in [3.05, 3.63) is 11.6 Å². The second-order valence-electron chi connectivity index (χ2n) is 4.02. The molecule has 1 rings (SSSR count). The van der Waals surface area contributed by atoms with Gasteiger partial charge in [0.15, 0.2) is 0 Å². The van der Waals surface area contributed by atoms with Crippen molar-refractivity contribution in [1.82, 2.24) is 14.8 Å². The number of rotatable bonds is 6. The van der Waals surface area contributed by atoms with E-state index >= 15 is 0 Å². The minimum Gasteiger partial charge on any atom is -0.324 e. The molecule has 0 saturated carbocycles. The lowest BCUT2D eigenvalue weighted by Gasteiger charge is -2.12. The molecule has 0 aliphatic heterocycles. The third-order valence-electron chi connectivity index (χ3n) is 2.65. The normalized spacial score (nSPS) is 13.1. The summed E-state index contributed by atoms with van der Waals surface area (Å²) in [6.45, 7) is 8.02. The summed E-state index contributed by atoms with van der Waals surface area (Å²) in [6, 6.07) is 0. The van der Waals surface area contributed by atoms with Crippen LogP contribution >= 0.6 is 0 Å². The number of aromatic nitrogens is 3. The van der Waals surface area contributed by atoms with Gasteiger partial charge in [-0.1, -0.05) is 27.2 Å². The average Bonchev–Trinajstić information content (AvgIpc) is 2.62. The molecule has 1 aromatic heterocycles. The molecule has 0 aromatic carbocycles. The minimum atomic E-state index is 0.478. The average molecular weight is 210 g/mol. The first kappa shape index (κ1) is 12.2. The van der Waals surface area contributed by atoms with E-state index in [1.807, 2.05) is 0 Å². The van der Waals surface area contributed by atoms with E-state index in [0.29, 0.717) is 12.5 Å². The first-order valence-corrected chi connectivity index (χ1v) is 5.86. The van der Waals surface area contributed by atoms with Crippen LogP contribution in [0.3, 0.4) is 0 Å². The highest BCUT2D eigenvalue weighted by Crippen LogP contribution is 2.19. The topological polar surface area (TPSA) is 56.7 Å². The molecule has 4 nitrogen and oxygen atoms in total. The SMILES string of the molecule is CCCC(C)c1nnc(CN)n1CCC. The van der Waals surface area contributed by atoms with E-state index < -0.39 is 0 Å². The zero-order valence-electron chi connectivity index (χ0n) is 10.0. The first-order valence-electron chi connectivity index (χ1n) is 5.86. The lowest BCUT2D eigenvalue weighted by atomic mass is 10.1. The van der Waals surface area contributed by atoms with Gasteiger partial charge < -0.3 is 10.3 Å². The predicted molar refractivity (Wildman–Crippen MR) is 61.5 cm³/mol. The fraction of sp³-hybridized carbons (Fsp3) is 0.818. The van der Waals surface area contributed by atoms with Gasteiger partial charge in [0, 0.05) is 12.5 Å². The Morgan fingerprint density at radius 1 is 1.27 bits per heavy atom. The molecule has 0 amide bonds. The van der Waals surface area contributed by atoms with Crippen LogP contribution in [0.2, 0.25) is 0 Å². The van der Waals surface area contributed by atoms with Crippen molar-refractivity contribution >= 4 is 0 Å². The van der Waals surface area contributed by atoms with Gasteiger partial charge in [0.25, 0.3) is 0 Å². The molecule has 0 radical (unpaired) electrons. The second-order valence-corrected chi connectivity index (χ2v) is 4.02. The first-order chi connectivity index (χ1) is 7.24. The second kappa shape index (κ2) is 5.85. The third kappa shape index (κ3) is 2.78. The number of nitrogens with zero attached hydrogens (tertiary/aromatic N) is 3. The van der Waals surface area contributed by atoms with Crippen LogP contribution in [0.4, 0.5) is 0 Å². The fourth-order valence-electron chi connectivity index (χ4n) is 1.89. The molecule has 1 heterocycles. The lowest BCUT2D eigenvalue weighted by molar-refractivity contribution is 0.547. The summed E-state index contributed by atoms with van der Waals surface area (Å²) in [5.41, 5.74) is 5.65. The summed E-state index contributed by atoms with van der Waals surface area (Å²) in [6.07, 6.45) is 3.43. The van der Waals surface area contributed by atoms with Gasteiger partial charge >= 0.3 is 0 Å². The van der Waals surface area contributed by atoms with Crippen LogP contribution in [-0.2, 0) is 13.1 Å². The molecule has 0 bridgehead atoms.